The number of aliphatic imine (C=N–C) groups is 1. The van der Waals surface area contributed by atoms with E-state index in [-0.39, 0.29) is 36.3 Å². The molecule has 0 atom stereocenters. The molecule has 0 aliphatic rings. The number of para-hydroxylation sites is 1. The maximum atomic E-state index is 12.4. The Bertz CT molecular complexity index is 690. The Labute approximate surface area is 174 Å². The summed E-state index contributed by atoms with van der Waals surface area (Å²) in [5.41, 5.74) is 0.597. The van der Waals surface area contributed by atoms with E-state index in [9.17, 15) is 13.2 Å². The summed E-state index contributed by atoms with van der Waals surface area (Å²) in [7, 11) is 0. The van der Waals surface area contributed by atoms with E-state index in [1.54, 1.807) is 18.2 Å². The zero-order valence-corrected chi connectivity index (χ0v) is 17.3. The maximum Gasteiger partial charge on any atom is 0.422 e. The van der Waals surface area contributed by atoms with Crippen LogP contribution in [0.2, 0.25) is 0 Å². The van der Waals surface area contributed by atoms with Crippen LogP contribution < -0.4 is 15.4 Å². The van der Waals surface area contributed by atoms with Crippen LogP contribution in [0.15, 0.2) is 53.8 Å². The second-order valence-corrected chi connectivity index (χ2v) is 5.55. The van der Waals surface area contributed by atoms with Crippen molar-refractivity contribution in [2.75, 3.05) is 19.7 Å². The van der Waals surface area contributed by atoms with Gasteiger partial charge in [0.25, 0.3) is 0 Å². The monoisotopic (exact) mass is 496 g/mol. The van der Waals surface area contributed by atoms with Crippen LogP contribution in [0.1, 0.15) is 12.5 Å². The third-order valence-electron chi connectivity index (χ3n) is 3.44. The summed E-state index contributed by atoms with van der Waals surface area (Å²) in [5.74, 6) is 0.794. The number of nitrogens with zero attached hydrogens (tertiary/aromatic N) is 2. The van der Waals surface area contributed by atoms with Gasteiger partial charge in [-0.3, -0.25) is 0 Å². The van der Waals surface area contributed by atoms with Gasteiger partial charge in [0.1, 0.15) is 5.75 Å². The van der Waals surface area contributed by atoms with Crippen molar-refractivity contribution in [3.05, 3.63) is 54.4 Å². The van der Waals surface area contributed by atoms with Gasteiger partial charge in [0, 0.05) is 37.6 Å². The summed E-state index contributed by atoms with van der Waals surface area (Å²) in [4.78, 5) is 4.43. The van der Waals surface area contributed by atoms with Crippen molar-refractivity contribution >= 4 is 29.9 Å². The van der Waals surface area contributed by atoms with E-state index in [0.29, 0.717) is 24.6 Å². The molecule has 0 radical (unpaired) electrons. The van der Waals surface area contributed by atoms with Gasteiger partial charge in [0.05, 0.1) is 6.54 Å². The summed E-state index contributed by atoms with van der Waals surface area (Å²) in [6.07, 6.45) is -0.425. The Morgan fingerprint density at radius 1 is 1.11 bits per heavy atom. The lowest BCUT2D eigenvalue weighted by atomic mass is 10.2. The van der Waals surface area contributed by atoms with E-state index in [4.69, 9.17) is 4.74 Å². The average Bonchev–Trinajstić information content (AvgIpc) is 3.11. The van der Waals surface area contributed by atoms with E-state index in [0.717, 1.165) is 6.54 Å². The predicted molar refractivity (Wildman–Crippen MR) is 111 cm³/mol. The van der Waals surface area contributed by atoms with Gasteiger partial charge in [0.15, 0.2) is 12.6 Å². The molecule has 27 heavy (non-hydrogen) atoms. The third kappa shape index (κ3) is 9.03. The highest BCUT2D eigenvalue weighted by Gasteiger charge is 2.28. The lowest BCUT2D eigenvalue weighted by molar-refractivity contribution is -0.153. The van der Waals surface area contributed by atoms with Crippen LogP contribution >= 0.6 is 24.0 Å². The third-order valence-corrected chi connectivity index (χ3v) is 3.44. The van der Waals surface area contributed by atoms with Crippen LogP contribution in [0.4, 0.5) is 13.2 Å². The molecule has 0 saturated carbocycles. The minimum Gasteiger partial charge on any atom is -0.484 e. The number of alkyl halides is 3. The number of hydrogen-bond donors (Lipinski definition) is 2. The Hall–Kier alpha value is -1.91. The van der Waals surface area contributed by atoms with Crippen molar-refractivity contribution in [1.82, 2.24) is 15.2 Å². The van der Waals surface area contributed by atoms with Gasteiger partial charge in [-0.1, -0.05) is 18.2 Å². The van der Waals surface area contributed by atoms with Gasteiger partial charge in [-0.05, 0) is 25.1 Å². The fourth-order valence-corrected chi connectivity index (χ4v) is 2.26. The molecular weight excluding hydrogens is 472 g/mol. The number of benzene rings is 1. The predicted octanol–water partition coefficient (Wildman–Crippen LogP) is 3.80. The van der Waals surface area contributed by atoms with Gasteiger partial charge in [0.2, 0.25) is 0 Å². The van der Waals surface area contributed by atoms with Crippen LogP contribution in [0.3, 0.4) is 0 Å². The highest BCUT2D eigenvalue weighted by atomic mass is 127. The van der Waals surface area contributed by atoms with E-state index < -0.39 is 12.8 Å². The molecule has 150 valence electrons. The smallest absolute Gasteiger partial charge is 0.422 e. The van der Waals surface area contributed by atoms with Crippen molar-refractivity contribution < 1.29 is 17.9 Å². The van der Waals surface area contributed by atoms with Crippen molar-refractivity contribution in [3.63, 3.8) is 0 Å². The molecule has 0 saturated heterocycles. The number of nitrogens with one attached hydrogen (secondary N) is 2. The van der Waals surface area contributed by atoms with E-state index in [2.05, 4.69) is 15.6 Å². The lowest BCUT2D eigenvalue weighted by Crippen LogP contribution is -2.38. The fraction of sp³-hybridized carbons (Fsp3) is 0.389. The van der Waals surface area contributed by atoms with Gasteiger partial charge < -0.3 is 19.9 Å². The molecule has 0 unspecified atom stereocenters. The molecular formula is C18H24F3IN4O. The molecule has 0 bridgehead atoms. The summed E-state index contributed by atoms with van der Waals surface area (Å²) >= 11 is 0. The summed E-state index contributed by atoms with van der Waals surface area (Å²) < 4.78 is 44.0. The first kappa shape index (κ1) is 23.1. The molecule has 5 nitrogen and oxygen atoms in total. The molecule has 2 aromatic rings. The number of aromatic nitrogens is 1. The normalized spacial score (nSPS) is 11.6. The first-order chi connectivity index (χ1) is 12.5. The van der Waals surface area contributed by atoms with Crippen LogP contribution in [-0.4, -0.2) is 36.4 Å². The Morgan fingerprint density at radius 3 is 2.48 bits per heavy atom. The molecule has 2 rings (SSSR count). The molecule has 1 aromatic heterocycles. The van der Waals surface area contributed by atoms with Crippen LogP contribution in [0.25, 0.3) is 0 Å². The quantitative estimate of drug-likeness (QED) is 0.332. The Morgan fingerprint density at radius 2 is 1.81 bits per heavy atom. The molecule has 2 N–H and O–H groups in total. The van der Waals surface area contributed by atoms with Crippen molar-refractivity contribution in [2.45, 2.75) is 26.2 Å². The zero-order valence-electron chi connectivity index (χ0n) is 15.0. The maximum absolute atomic E-state index is 12.4. The number of ether oxygens (including phenoxy) is 1. The SMILES string of the molecule is CCNC(=NCc1ccccc1OCC(F)(F)F)NCCn1cccc1.I. The van der Waals surface area contributed by atoms with E-state index in [1.165, 1.54) is 6.07 Å². The number of rotatable bonds is 8. The summed E-state index contributed by atoms with van der Waals surface area (Å²) in [6.45, 7) is 2.98. The highest BCUT2D eigenvalue weighted by Crippen LogP contribution is 2.22. The standard InChI is InChI=1S/C18H23F3N4O.HI/c1-2-22-17(23-9-12-25-10-5-6-11-25)24-13-15-7-3-4-8-16(15)26-14-18(19,20)21;/h3-8,10-11H,2,9,12-14H2,1H3,(H2,22,23,24);1H. The van der Waals surface area contributed by atoms with Gasteiger partial charge in [-0.2, -0.15) is 13.2 Å². The zero-order chi connectivity index (χ0) is 18.8. The van der Waals surface area contributed by atoms with Gasteiger partial charge in [-0.25, -0.2) is 4.99 Å². The van der Waals surface area contributed by atoms with Gasteiger partial charge >= 0.3 is 6.18 Å². The highest BCUT2D eigenvalue weighted by molar-refractivity contribution is 14.0. The number of halogens is 4. The van der Waals surface area contributed by atoms with Crippen molar-refractivity contribution in [3.8, 4) is 5.75 Å². The molecule has 0 aliphatic carbocycles. The topological polar surface area (TPSA) is 50.6 Å². The lowest BCUT2D eigenvalue weighted by Gasteiger charge is -2.14. The van der Waals surface area contributed by atoms with Crippen LogP contribution in [0, 0.1) is 0 Å². The number of guanidine groups is 1. The molecule has 0 aliphatic heterocycles. The minimum atomic E-state index is -4.37. The number of hydrogen-bond acceptors (Lipinski definition) is 2. The summed E-state index contributed by atoms with van der Waals surface area (Å²) in [6, 6.07) is 10.5. The second kappa shape index (κ2) is 11.7. The first-order valence-corrected chi connectivity index (χ1v) is 8.38. The fourth-order valence-electron chi connectivity index (χ4n) is 2.26. The molecule has 0 amide bonds. The molecule has 0 fully saturated rings. The molecule has 1 heterocycles. The second-order valence-electron chi connectivity index (χ2n) is 5.55. The Kier molecular flexibility index (Phi) is 10.0. The van der Waals surface area contributed by atoms with Gasteiger partial charge in [-0.15, -0.1) is 24.0 Å². The molecule has 9 heteroatoms. The largest absolute Gasteiger partial charge is 0.484 e. The average molecular weight is 496 g/mol. The van der Waals surface area contributed by atoms with Crippen molar-refractivity contribution in [1.29, 1.82) is 0 Å². The summed E-state index contributed by atoms with van der Waals surface area (Å²) in [5, 5.41) is 6.32. The van der Waals surface area contributed by atoms with E-state index in [1.807, 2.05) is 36.0 Å². The first-order valence-electron chi connectivity index (χ1n) is 8.38. The van der Waals surface area contributed by atoms with Crippen LogP contribution in [0.5, 0.6) is 5.75 Å². The van der Waals surface area contributed by atoms with Crippen LogP contribution in [-0.2, 0) is 13.1 Å². The van der Waals surface area contributed by atoms with Crippen molar-refractivity contribution in [2.24, 2.45) is 4.99 Å². The van der Waals surface area contributed by atoms with E-state index >= 15 is 0 Å². The molecule has 0 spiro atoms. The molecule has 1 aromatic carbocycles. The minimum absolute atomic E-state index is 0. The Balaban J connectivity index is 0.00000364.